The number of hydrogen-bond acceptors (Lipinski definition) is 6. The molecule has 6 nitrogen and oxygen atoms in total. The molecule has 1 N–H and O–H groups in total. The molecular weight excluding hydrogens is 402 g/mol. The van der Waals surface area contributed by atoms with Gasteiger partial charge in [-0.05, 0) is 36.2 Å². The van der Waals surface area contributed by atoms with Gasteiger partial charge in [-0.1, -0.05) is 30.3 Å². The lowest BCUT2D eigenvalue weighted by Crippen LogP contribution is -2.12. The summed E-state index contributed by atoms with van der Waals surface area (Å²) in [5.74, 6) is -0.814. The molecule has 7 heteroatoms. The number of amides is 1. The molecule has 1 amide bonds. The maximum atomic E-state index is 12.9. The van der Waals surface area contributed by atoms with Crippen LogP contribution in [0.2, 0.25) is 0 Å². The summed E-state index contributed by atoms with van der Waals surface area (Å²) in [5.41, 5.74) is 1.60. The van der Waals surface area contributed by atoms with Crippen LogP contribution in [0.4, 0.5) is 5.00 Å². The van der Waals surface area contributed by atoms with Gasteiger partial charge in [-0.25, -0.2) is 9.59 Å². The van der Waals surface area contributed by atoms with Crippen LogP contribution in [0.5, 0.6) is 0 Å². The van der Waals surface area contributed by atoms with Crippen molar-refractivity contribution in [2.45, 2.75) is 27.4 Å². The van der Waals surface area contributed by atoms with E-state index in [2.05, 4.69) is 5.32 Å². The molecule has 2 aromatic carbocycles. The minimum atomic E-state index is -0.553. The quantitative estimate of drug-likeness (QED) is 0.287. The first kappa shape index (κ1) is 19.8. The van der Waals surface area contributed by atoms with Gasteiger partial charge in [-0.3, -0.25) is 4.79 Å². The number of rotatable bonds is 4. The molecule has 0 unspecified atom stereocenters. The molecule has 0 bridgehead atoms. The monoisotopic (exact) mass is 421 g/mol. The number of anilines is 1. The lowest BCUT2D eigenvalue weighted by molar-refractivity contribution is -0.114. The maximum absolute atomic E-state index is 12.9. The number of benzene rings is 2. The lowest BCUT2D eigenvalue weighted by Gasteiger charge is -2.10. The number of aryl methyl sites for hydroxylation is 1. The van der Waals surface area contributed by atoms with E-state index in [0.29, 0.717) is 21.7 Å². The van der Waals surface area contributed by atoms with E-state index in [9.17, 15) is 14.4 Å². The lowest BCUT2D eigenvalue weighted by atomic mass is 10.0. The zero-order valence-electron chi connectivity index (χ0n) is 16.7. The van der Waals surface area contributed by atoms with Crippen molar-refractivity contribution in [3.63, 3.8) is 0 Å². The molecule has 2 heterocycles. The van der Waals surface area contributed by atoms with E-state index in [-0.39, 0.29) is 12.5 Å². The van der Waals surface area contributed by atoms with E-state index in [0.717, 1.165) is 26.6 Å². The molecule has 0 atom stereocenters. The number of thiophene rings is 1. The molecule has 4 aromatic rings. The Morgan fingerprint density at radius 1 is 1.13 bits per heavy atom. The largest absolute Gasteiger partial charge is 0.457 e. The van der Waals surface area contributed by atoms with Crippen LogP contribution in [-0.2, 0) is 16.1 Å². The average molecular weight is 421 g/mol. The van der Waals surface area contributed by atoms with Gasteiger partial charge in [-0.2, -0.15) is 0 Å². The number of carbonyl (C=O) groups is 2. The summed E-state index contributed by atoms with van der Waals surface area (Å²) in [7, 11) is 0. The van der Waals surface area contributed by atoms with E-state index in [1.165, 1.54) is 24.3 Å². The van der Waals surface area contributed by atoms with Crippen molar-refractivity contribution in [3.05, 3.63) is 74.5 Å². The normalized spacial score (nSPS) is 11.0. The van der Waals surface area contributed by atoms with Crippen molar-refractivity contribution in [2.24, 2.45) is 0 Å². The molecule has 0 saturated carbocycles. The molecule has 30 heavy (non-hydrogen) atoms. The van der Waals surface area contributed by atoms with Crippen LogP contribution in [0.3, 0.4) is 0 Å². The fourth-order valence-electron chi connectivity index (χ4n) is 3.47. The predicted octanol–water partition coefficient (Wildman–Crippen LogP) is 4.94. The van der Waals surface area contributed by atoms with Crippen molar-refractivity contribution in [2.75, 3.05) is 5.32 Å². The van der Waals surface area contributed by atoms with Crippen LogP contribution in [0, 0.1) is 13.8 Å². The zero-order valence-corrected chi connectivity index (χ0v) is 17.5. The highest BCUT2D eigenvalue weighted by molar-refractivity contribution is 7.16. The van der Waals surface area contributed by atoms with Gasteiger partial charge >= 0.3 is 11.6 Å². The van der Waals surface area contributed by atoms with Crippen molar-refractivity contribution < 1.29 is 18.7 Å². The van der Waals surface area contributed by atoms with E-state index >= 15 is 0 Å². The smallest absolute Gasteiger partial charge is 0.341 e. The third-order valence-electron chi connectivity index (χ3n) is 4.95. The molecule has 0 aliphatic carbocycles. The Balaban J connectivity index is 1.73. The Bertz CT molecular complexity index is 1370. The first-order chi connectivity index (χ1) is 14.3. The number of nitrogens with one attached hydrogen (secondary N) is 1. The zero-order chi connectivity index (χ0) is 21.4. The van der Waals surface area contributed by atoms with Crippen LogP contribution >= 0.6 is 11.3 Å². The van der Waals surface area contributed by atoms with Gasteiger partial charge in [-0.15, -0.1) is 11.3 Å². The first-order valence-corrected chi connectivity index (χ1v) is 10.2. The average Bonchev–Trinajstić information content (AvgIpc) is 2.98. The van der Waals surface area contributed by atoms with E-state index in [1.54, 1.807) is 6.07 Å². The highest BCUT2D eigenvalue weighted by Crippen LogP contribution is 2.33. The van der Waals surface area contributed by atoms with Crippen LogP contribution in [0.1, 0.15) is 33.3 Å². The number of hydrogen-bond donors (Lipinski definition) is 1. The Labute approximate surface area is 176 Å². The second-order valence-electron chi connectivity index (χ2n) is 7.00. The molecule has 2 aromatic heterocycles. The Morgan fingerprint density at radius 3 is 2.67 bits per heavy atom. The molecule has 4 rings (SSSR count). The number of ether oxygens (including phenoxy) is 1. The Hall–Kier alpha value is -3.45. The third kappa shape index (κ3) is 3.59. The summed E-state index contributed by atoms with van der Waals surface area (Å²) < 4.78 is 10.9. The van der Waals surface area contributed by atoms with Crippen LogP contribution < -0.4 is 10.9 Å². The molecular formula is C23H19NO5S. The van der Waals surface area contributed by atoms with Gasteiger partial charge in [0, 0.05) is 28.8 Å². The molecule has 0 fully saturated rings. The van der Waals surface area contributed by atoms with Gasteiger partial charge in [0.05, 0.1) is 5.56 Å². The van der Waals surface area contributed by atoms with Crippen molar-refractivity contribution in [1.29, 1.82) is 0 Å². The minimum Gasteiger partial charge on any atom is -0.457 e. The van der Waals surface area contributed by atoms with E-state index < -0.39 is 11.6 Å². The molecule has 0 saturated heterocycles. The molecule has 0 aliphatic rings. The SMILES string of the molecule is CC(=O)Nc1sc(C)c(C)c1C(=O)OCc1cc(=O)oc2ccc3ccccc3c12. The van der Waals surface area contributed by atoms with Crippen LogP contribution in [0.15, 0.2) is 51.7 Å². The summed E-state index contributed by atoms with van der Waals surface area (Å²) in [6.45, 7) is 4.99. The molecule has 0 spiro atoms. The molecule has 152 valence electrons. The number of esters is 1. The topological polar surface area (TPSA) is 85.6 Å². The first-order valence-electron chi connectivity index (χ1n) is 9.34. The Kier molecular flexibility index (Phi) is 5.13. The fraction of sp³-hybridized carbons (Fsp3) is 0.174. The van der Waals surface area contributed by atoms with Crippen molar-refractivity contribution in [1.82, 2.24) is 0 Å². The summed E-state index contributed by atoms with van der Waals surface area (Å²) in [6.07, 6.45) is 0. The van der Waals surface area contributed by atoms with Crippen molar-refractivity contribution in [3.8, 4) is 0 Å². The summed E-state index contributed by atoms with van der Waals surface area (Å²) in [5, 5.41) is 5.79. The predicted molar refractivity (Wildman–Crippen MR) is 117 cm³/mol. The highest BCUT2D eigenvalue weighted by Gasteiger charge is 2.22. The summed E-state index contributed by atoms with van der Waals surface area (Å²) >= 11 is 1.33. The number of fused-ring (bicyclic) bond motifs is 3. The summed E-state index contributed by atoms with van der Waals surface area (Å²) in [6, 6.07) is 12.7. The van der Waals surface area contributed by atoms with Gasteiger partial charge in [0.2, 0.25) is 5.91 Å². The van der Waals surface area contributed by atoms with Crippen LogP contribution in [0.25, 0.3) is 21.7 Å². The van der Waals surface area contributed by atoms with Gasteiger partial charge < -0.3 is 14.5 Å². The second-order valence-corrected chi connectivity index (χ2v) is 8.22. The second kappa shape index (κ2) is 7.76. The van der Waals surface area contributed by atoms with E-state index in [1.807, 2.05) is 44.2 Å². The maximum Gasteiger partial charge on any atom is 0.341 e. The van der Waals surface area contributed by atoms with Gasteiger partial charge in [0.25, 0.3) is 0 Å². The molecule has 0 aliphatic heterocycles. The fourth-order valence-corrected chi connectivity index (χ4v) is 4.56. The van der Waals surface area contributed by atoms with Crippen LogP contribution in [-0.4, -0.2) is 11.9 Å². The standard InChI is InChI=1S/C23H19NO5S/c1-12-13(2)30-22(24-14(3)25)20(12)23(27)28-11-16-10-19(26)29-18-9-8-15-6-4-5-7-17(15)21(16)18/h4-10H,11H2,1-3H3,(H,24,25). The number of carbonyl (C=O) groups excluding carboxylic acids is 2. The summed E-state index contributed by atoms with van der Waals surface area (Å²) in [4.78, 5) is 37.3. The minimum absolute atomic E-state index is 0.0945. The molecule has 0 radical (unpaired) electrons. The third-order valence-corrected chi connectivity index (χ3v) is 6.07. The van der Waals surface area contributed by atoms with Gasteiger partial charge in [0.15, 0.2) is 0 Å². The highest BCUT2D eigenvalue weighted by atomic mass is 32.1. The van der Waals surface area contributed by atoms with Gasteiger partial charge in [0.1, 0.15) is 17.2 Å². The van der Waals surface area contributed by atoms with Crippen molar-refractivity contribution >= 4 is 50.0 Å². The van der Waals surface area contributed by atoms with E-state index in [4.69, 9.17) is 9.15 Å². The Morgan fingerprint density at radius 2 is 1.90 bits per heavy atom.